The zero-order chi connectivity index (χ0) is 14.3. The highest BCUT2D eigenvalue weighted by Crippen LogP contribution is 1.92. The second kappa shape index (κ2) is 8.08. The molecular formula is C13H27N3O2. The first kappa shape index (κ1) is 16.9. The highest BCUT2D eigenvalue weighted by molar-refractivity contribution is 5.84. The molecule has 0 aromatic rings. The van der Waals surface area contributed by atoms with Crippen molar-refractivity contribution in [3.8, 4) is 0 Å². The van der Waals surface area contributed by atoms with Crippen molar-refractivity contribution >= 4 is 11.8 Å². The summed E-state index contributed by atoms with van der Waals surface area (Å²) in [5.41, 5.74) is 0. The molecule has 0 heterocycles. The summed E-state index contributed by atoms with van der Waals surface area (Å²) in [5.74, 6) is 0.254. The topological polar surface area (TPSA) is 70.2 Å². The van der Waals surface area contributed by atoms with Crippen LogP contribution in [0.2, 0.25) is 0 Å². The summed E-state index contributed by atoms with van der Waals surface area (Å²) in [6, 6.07) is -0.657. The smallest absolute Gasteiger partial charge is 0.237 e. The SMILES string of the molecule is CC(C)CNC(=O)C(C)NC(C)C(=O)NC(C)C. The van der Waals surface area contributed by atoms with Crippen molar-refractivity contribution in [2.45, 2.75) is 59.7 Å². The predicted molar refractivity (Wildman–Crippen MR) is 73.2 cm³/mol. The van der Waals surface area contributed by atoms with Gasteiger partial charge in [0.15, 0.2) is 0 Å². The number of rotatable bonds is 7. The van der Waals surface area contributed by atoms with Gasteiger partial charge < -0.3 is 10.6 Å². The van der Waals surface area contributed by atoms with Crippen LogP contribution in [0.15, 0.2) is 0 Å². The molecule has 18 heavy (non-hydrogen) atoms. The summed E-state index contributed by atoms with van der Waals surface area (Å²) in [6.45, 7) is 12.1. The van der Waals surface area contributed by atoms with Gasteiger partial charge in [-0.2, -0.15) is 0 Å². The highest BCUT2D eigenvalue weighted by atomic mass is 16.2. The molecule has 2 amide bonds. The van der Waals surface area contributed by atoms with Gasteiger partial charge in [-0.1, -0.05) is 13.8 Å². The van der Waals surface area contributed by atoms with Gasteiger partial charge in [-0.25, -0.2) is 0 Å². The molecule has 2 atom stereocenters. The molecule has 0 spiro atoms. The molecule has 0 fully saturated rings. The summed E-state index contributed by atoms with van der Waals surface area (Å²) >= 11 is 0. The van der Waals surface area contributed by atoms with Gasteiger partial charge in [0, 0.05) is 12.6 Å². The fourth-order valence-electron chi connectivity index (χ4n) is 1.39. The Hall–Kier alpha value is -1.10. The van der Waals surface area contributed by atoms with E-state index in [0.29, 0.717) is 12.5 Å². The standard InChI is InChI=1S/C13H27N3O2/c1-8(2)7-14-12(17)10(5)16-11(6)13(18)15-9(3)4/h8-11,16H,7H2,1-6H3,(H,14,17)(H,15,18). The van der Waals surface area contributed by atoms with Gasteiger partial charge in [0.2, 0.25) is 11.8 Å². The maximum Gasteiger partial charge on any atom is 0.237 e. The molecule has 5 nitrogen and oxygen atoms in total. The Morgan fingerprint density at radius 2 is 1.39 bits per heavy atom. The van der Waals surface area contributed by atoms with Crippen LogP contribution in [0.25, 0.3) is 0 Å². The fourth-order valence-corrected chi connectivity index (χ4v) is 1.39. The zero-order valence-corrected chi connectivity index (χ0v) is 12.3. The summed E-state index contributed by atoms with van der Waals surface area (Å²) in [5, 5.41) is 8.62. The van der Waals surface area contributed by atoms with Crippen LogP contribution < -0.4 is 16.0 Å². The Morgan fingerprint density at radius 1 is 0.889 bits per heavy atom. The van der Waals surface area contributed by atoms with Gasteiger partial charge in [-0.05, 0) is 33.6 Å². The number of nitrogens with one attached hydrogen (secondary N) is 3. The van der Waals surface area contributed by atoms with Crippen molar-refractivity contribution in [3.05, 3.63) is 0 Å². The zero-order valence-electron chi connectivity index (χ0n) is 12.3. The van der Waals surface area contributed by atoms with Crippen LogP contribution in [0.1, 0.15) is 41.5 Å². The van der Waals surface area contributed by atoms with E-state index in [2.05, 4.69) is 16.0 Å². The molecule has 0 saturated heterocycles. The first-order valence-corrected chi connectivity index (χ1v) is 6.58. The van der Waals surface area contributed by atoms with Crippen molar-refractivity contribution < 1.29 is 9.59 Å². The van der Waals surface area contributed by atoms with E-state index in [4.69, 9.17) is 0 Å². The van der Waals surface area contributed by atoms with Crippen molar-refractivity contribution in [2.75, 3.05) is 6.54 Å². The molecule has 0 rings (SSSR count). The average molecular weight is 257 g/mol. The molecule has 0 aliphatic rings. The molecule has 0 aromatic heterocycles. The van der Waals surface area contributed by atoms with Gasteiger partial charge in [0.25, 0.3) is 0 Å². The molecule has 3 N–H and O–H groups in total. The predicted octanol–water partition coefficient (Wildman–Crippen LogP) is 0.650. The summed E-state index contributed by atoms with van der Waals surface area (Å²) in [6.07, 6.45) is 0. The van der Waals surface area contributed by atoms with Crippen LogP contribution in [0.5, 0.6) is 0 Å². The minimum absolute atomic E-state index is 0.0760. The molecule has 0 aliphatic heterocycles. The van der Waals surface area contributed by atoms with Gasteiger partial charge in [0.05, 0.1) is 12.1 Å². The van der Waals surface area contributed by atoms with E-state index in [1.165, 1.54) is 0 Å². The summed E-state index contributed by atoms with van der Waals surface area (Å²) in [7, 11) is 0. The molecule has 0 radical (unpaired) electrons. The van der Waals surface area contributed by atoms with Crippen LogP contribution in [0.4, 0.5) is 0 Å². The average Bonchev–Trinajstić information content (AvgIpc) is 2.24. The lowest BCUT2D eigenvalue weighted by Gasteiger charge is -2.20. The number of carbonyl (C=O) groups excluding carboxylic acids is 2. The largest absolute Gasteiger partial charge is 0.354 e. The van der Waals surface area contributed by atoms with E-state index in [9.17, 15) is 9.59 Å². The second-order valence-corrected chi connectivity index (χ2v) is 5.41. The van der Waals surface area contributed by atoms with Crippen LogP contribution in [0, 0.1) is 5.92 Å². The quantitative estimate of drug-likeness (QED) is 0.627. The third-order valence-electron chi connectivity index (χ3n) is 2.40. The Bertz CT molecular complexity index is 277. The van der Waals surface area contributed by atoms with E-state index in [0.717, 1.165) is 0 Å². The van der Waals surface area contributed by atoms with Crippen molar-refractivity contribution in [1.29, 1.82) is 0 Å². The van der Waals surface area contributed by atoms with Crippen molar-refractivity contribution in [2.24, 2.45) is 5.92 Å². The van der Waals surface area contributed by atoms with Crippen molar-refractivity contribution in [3.63, 3.8) is 0 Å². The van der Waals surface area contributed by atoms with Gasteiger partial charge in [0.1, 0.15) is 0 Å². The molecule has 5 heteroatoms. The maximum absolute atomic E-state index is 11.7. The minimum atomic E-state index is -0.382. The first-order valence-electron chi connectivity index (χ1n) is 6.58. The Kier molecular flexibility index (Phi) is 7.59. The van der Waals surface area contributed by atoms with E-state index in [-0.39, 0.29) is 29.9 Å². The molecular weight excluding hydrogens is 230 g/mol. The van der Waals surface area contributed by atoms with E-state index < -0.39 is 0 Å². The lowest BCUT2D eigenvalue weighted by Crippen LogP contribution is -2.52. The molecule has 0 aliphatic carbocycles. The summed E-state index contributed by atoms with van der Waals surface area (Å²) < 4.78 is 0. The normalized spacial score (nSPS) is 14.4. The van der Waals surface area contributed by atoms with Crippen LogP contribution in [-0.2, 0) is 9.59 Å². The number of hydrogen-bond acceptors (Lipinski definition) is 3. The first-order chi connectivity index (χ1) is 8.23. The third kappa shape index (κ3) is 7.27. The molecule has 0 bridgehead atoms. The Labute approximate surface area is 110 Å². The monoisotopic (exact) mass is 257 g/mol. The number of hydrogen-bond donors (Lipinski definition) is 3. The minimum Gasteiger partial charge on any atom is -0.354 e. The molecule has 106 valence electrons. The lowest BCUT2D eigenvalue weighted by molar-refractivity contribution is -0.125. The summed E-state index contributed by atoms with van der Waals surface area (Å²) in [4.78, 5) is 23.4. The van der Waals surface area contributed by atoms with Gasteiger partial charge in [-0.15, -0.1) is 0 Å². The Morgan fingerprint density at radius 3 is 1.83 bits per heavy atom. The second-order valence-electron chi connectivity index (χ2n) is 5.41. The fraction of sp³-hybridized carbons (Fsp3) is 0.846. The van der Waals surface area contributed by atoms with E-state index in [1.54, 1.807) is 13.8 Å². The van der Waals surface area contributed by atoms with Crippen molar-refractivity contribution in [1.82, 2.24) is 16.0 Å². The molecule has 0 saturated carbocycles. The van der Waals surface area contributed by atoms with Crippen LogP contribution >= 0.6 is 0 Å². The molecule has 0 aromatic carbocycles. The molecule has 2 unspecified atom stereocenters. The van der Waals surface area contributed by atoms with Crippen LogP contribution in [0.3, 0.4) is 0 Å². The number of carbonyl (C=O) groups is 2. The maximum atomic E-state index is 11.7. The van der Waals surface area contributed by atoms with E-state index >= 15 is 0 Å². The lowest BCUT2D eigenvalue weighted by atomic mass is 10.2. The van der Waals surface area contributed by atoms with Gasteiger partial charge in [-0.3, -0.25) is 14.9 Å². The van der Waals surface area contributed by atoms with E-state index in [1.807, 2.05) is 27.7 Å². The van der Waals surface area contributed by atoms with Gasteiger partial charge >= 0.3 is 0 Å². The number of amides is 2. The highest BCUT2D eigenvalue weighted by Gasteiger charge is 2.19. The van der Waals surface area contributed by atoms with Crippen LogP contribution in [-0.4, -0.2) is 36.5 Å². The Balaban J connectivity index is 4.09. The third-order valence-corrected chi connectivity index (χ3v) is 2.40.